The molecule has 0 fully saturated rings. The van der Waals surface area contributed by atoms with Crippen LogP contribution in [0.4, 0.5) is 11.4 Å². The van der Waals surface area contributed by atoms with E-state index in [0.717, 1.165) is 22.3 Å². The molecule has 7 heteroatoms. The summed E-state index contributed by atoms with van der Waals surface area (Å²) in [5.74, 6) is 0.644. The fourth-order valence-electron chi connectivity index (χ4n) is 4.39. The predicted octanol–water partition coefficient (Wildman–Crippen LogP) is 7.18. The summed E-state index contributed by atoms with van der Waals surface area (Å²) in [5, 5.41) is 10.6. The van der Waals surface area contributed by atoms with E-state index in [1.165, 1.54) is 10.9 Å². The lowest BCUT2D eigenvalue weighted by molar-refractivity contribution is 0.0940. The number of carbonyl (C=O) groups is 1. The topological polar surface area (TPSA) is 85.2 Å². The van der Waals surface area contributed by atoms with Crippen molar-refractivity contribution in [3.63, 3.8) is 0 Å². The van der Waals surface area contributed by atoms with Crippen LogP contribution in [0.3, 0.4) is 0 Å². The van der Waals surface area contributed by atoms with Crippen LogP contribution < -0.4 is 20.9 Å². The third-order valence-electron chi connectivity index (χ3n) is 6.97. The van der Waals surface area contributed by atoms with Gasteiger partial charge in [0.1, 0.15) is 5.75 Å². The summed E-state index contributed by atoms with van der Waals surface area (Å²) in [4.78, 5) is 26.9. The molecule has 0 saturated heterocycles. The number of ether oxygens (including phenoxy) is 1. The van der Waals surface area contributed by atoms with Gasteiger partial charge in [-0.2, -0.15) is 9.78 Å². The summed E-state index contributed by atoms with van der Waals surface area (Å²) in [5.41, 5.74) is 5.77. The molecule has 1 amide bonds. The van der Waals surface area contributed by atoms with E-state index < -0.39 is 0 Å². The van der Waals surface area contributed by atoms with E-state index in [0.29, 0.717) is 22.7 Å². The van der Waals surface area contributed by atoms with E-state index >= 15 is 0 Å². The van der Waals surface area contributed by atoms with Gasteiger partial charge in [0.15, 0.2) is 11.4 Å². The molecule has 5 aromatic rings. The Hall–Kier alpha value is -5.17. The summed E-state index contributed by atoms with van der Waals surface area (Å²) >= 11 is 0. The highest BCUT2D eigenvalue weighted by Crippen LogP contribution is 2.30. The summed E-state index contributed by atoms with van der Waals surface area (Å²) < 4.78 is 7.50. The number of benzene rings is 4. The summed E-state index contributed by atoms with van der Waals surface area (Å²) in [6, 6.07) is 29.9. The van der Waals surface area contributed by atoms with Gasteiger partial charge in [0.05, 0.1) is 17.9 Å². The number of rotatable bonds is 8. The number of carbonyl (C=O) groups excluding carboxylic acids is 1. The van der Waals surface area contributed by atoms with Gasteiger partial charge in [0, 0.05) is 11.3 Å². The molecule has 0 spiro atoms. The number of hydrogen-bond acceptors (Lipinski definition) is 5. The van der Waals surface area contributed by atoms with Crippen LogP contribution in [0, 0.1) is 20.8 Å². The van der Waals surface area contributed by atoms with Gasteiger partial charge >= 0.3 is 0 Å². The summed E-state index contributed by atoms with van der Waals surface area (Å²) in [6.45, 7) is 7.96. The van der Waals surface area contributed by atoms with Crippen LogP contribution in [-0.2, 0) is 0 Å². The van der Waals surface area contributed by atoms with Crippen molar-refractivity contribution in [2.24, 2.45) is 0 Å². The molecule has 41 heavy (non-hydrogen) atoms. The smallest absolute Gasteiger partial charge is 0.299 e. The van der Waals surface area contributed by atoms with Crippen molar-refractivity contribution in [3.05, 3.63) is 141 Å². The molecule has 1 aromatic heterocycles. The van der Waals surface area contributed by atoms with Crippen molar-refractivity contribution < 1.29 is 9.53 Å². The predicted molar refractivity (Wildman–Crippen MR) is 163 cm³/mol. The molecule has 206 valence electrons. The van der Waals surface area contributed by atoms with Crippen LogP contribution in [0.5, 0.6) is 11.5 Å². The van der Waals surface area contributed by atoms with Crippen LogP contribution in [-0.4, -0.2) is 15.7 Å². The molecule has 1 heterocycles. The molecule has 0 aliphatic carbocycles. The number of nitrogens with one attached hydrogen (secondary N) is 2. The third kappa shape index (κ3) is 6.36. The number of aromatic nitrogens is 2. The molecular weight excluding hydrogens is 512 g/mol. The molecule has 0 saturated carbocycles. The normalized spacial score (nSPS) is 11.5. The zero-order valence-electron chi connectivity index (χ0n) is 23.5. The van der Waals surface area contributed by atoms with E-state index in [1.807, 2.05) is 100 Å². The lowest BCUT2D eigenvalue weighted by Crippen LogP contribution is -2.26. The average molecular weight is 545 g/mol. The fraction of sp³-hybridized carbons (Fsp3) is 0.147. The lowest BCUT2D eigenvalue weighted by atomic mass is 10.1. The fourth-order valence-corrected chi connectivity index (χ4v) is 4.39. The van der Waals surface area contributed by atoms with Gasteiger partial charge < -0.3 is 15.4 Å². The van der Waals surface area contributed by atoms with E-state index in [1.54, 1.807) is 24.3 Å². The first-order chi connectivity index (χ1) is 19.8. The maximum atomic E-state index is 13.8. The van der Waals surface area contributed by atoms with Crippen molar-refractivity contribution in [2.75, 3.05) is 5.32 Å². The van der Waals surface area contributed by atoms with Crippen molar-refractivity contribution in [3.8, 4) is 17.2 Å². The standard InChI is InChI=1S/C34H32N4O3/c1-22-13-16-29(17-14-22)38-34(40)32(31(21-35-38)41-30-18-15-23(2)24(3)19-30)37-28-12-8-11-27(20-28)33(39)36-25(4)26-9-6-5-7-10-26/h5-21,25,37H,1-4H3,(H,36,39). The molecule has 4 aromatic carbocycles. The van der Waals surface area contributed by atoms with Gasteiger partial charge in [-0.25, -0.2) is 0 Å². The Morgan fingerprint density at radius 2 is 1.61 bits per heavy atom. The molecule has 0 aliphatic heterocycles. The van der Waals surface area contributed by atoms with E-state index in [9.17, 15) is 9.59 Å². The molecular formula is C34H32N4O3. The van der Waals surface area contributed by atoms with Crippen LogP contribution >= 0.6 is 0 Å². The molecule has 5 rings (SSSR count). The second-order valence-corrected chi connectivity index (χ2v) is 10.1. The van der Waals surface area contributed by atoms with Crippen LogP contribution in [0.15, 0.2) is 108 Å². The maximum Gasteiger partial charge on any atom is 0.299 e. The molecule has 2 N–H and O–H groups in total. The highest BCUT2D eigenvalue weighted by molar-refractivity contribution is 5.95. The Labute approximate surface area is 239 Å². The van der Waals surface area contributed by atoms with Crippen LogP contribution in [0.25, 0.3) is 5.69 Å². The lowest BCUT2D eigenvalue weighted by Gasteiger charge is -2.16. The van der Waals surface area contributed by atoms with Gasteiger partial charge in [-0.1, -0.05) is 60.2 Å². The van der Waals surface area contributed by atoms with Crippen molar-refractivity contribution in [2.45, 2.75) is 33.7 Å². The van der Waals surface area contributed by atoms with Gasteiger partial charge in [0.25, 0.3) is 11.5 Å². The Kier molecular flexibility index (Phi) is 7.97. The van der Waals surface area contributed by atoms with Crippen LogP contribution in [0.1, 0.15) is 45.6 Å². The number of hydrogen-bond donors (Lipinski definition) is 2. The molecule has 0 aliphatic rings. The van der Waals surface area contributed by atoms with E-state index in [-0.39, 0.29) is 28.9 Å². The Balaban J connectivity index is 1.48. The van der Waals surface area contributed by atoms with Gasteiger partial charge in [0.2, 0.25) is 0 Å². The van der Waals surface area contributed by atoms with Crippen molar-refractivity contribution in [1.82, 2.24) is 15.1 Å². The van der Waals surface area contributed by atoms with Crippen LogP contribution in [0.2, 0.25) is 0 Å². The SMILES string of the molecule is Cc1ccc(-n2ncc(Oc3ccc(C)c(C)c3)c(Nc3cccc(C(=O)NC(C)c4ccccc4)c3)c2=O)cc1. The minimum Gasteiger partial charge on any atom is -0.453 e. The largest absolute Gasteiger partial charge is 0.453 e. The summed E-state index contributed by atoms with van der Waals surface area (Å²) in [7, 11) is 0. The first kappa shape index (κ1) is 27.4. The third-order valence-corrected chi connectivity index (χ3v) is 6.97. The Bertz CT molecular complexity index is 1750. The van der Waals surface area contributed by atoms with Crippen molar-refractivity contribution in [1.29, 1.82) is 0 Å². The second kappa shape index (κ2) is 11.9. The highest BCUT2D eigenvalue weighted by atomic mass is 16.5. The Morgan fingerprint density at radius 3 is 2.34 bits per heavy atom. The Morgan fingerprint density at radius 1 is 0.854 bits per heavy atom. The molecule has 1 unspecified atom stereocenters. The number of amides is 1. The zero-order chi connectivity index (χ0) is 28.9. The quantitative estimate of drug-likeness (QED) is 0.216. The van der Waals surface area contributed by atoms with Crippen molar-refractivity contribution >= 4 is 17.3 Å². The molecule has 0 radical (unpaired) electrons. The molecule has 0 bridgehead atoms. The minimum absolute atomic E-state index is 0.166. The van der Waals surface area contributed by atoms with E-state index in [2.05, 4.69) is 15.7 Å². The summed E-state index contributed by atoms with van der Waals surface area (Å²) in [6.07, 6.45) is 1.52. The number of nitrogens with zero attached hydrogens (tertiary/aromatic N) is 2. The second-order valence-electron chi connectivity index (χ2n) is 10.1. The minimum atomic E-state index is -0.386. The first-order valence-corrected chi connectivity index (χ1v) is 13.5. The van der Waals surface area contributed by atoms with Gasteiger partial charge in [-0.05, 0) is 86.8 Å². The van der Waals surface area contributed by atoms with E-state index in [4.69, 9.17) is 4.74 Å². The number of anilines is 2. The molecule has 1 atom stereocenters. The first-order valence-electron chi connectivity index (χ1n) is 13.5. The monoisotopic (exact) mass is 544 g/mol. The highest BCUT2D eigenvalue weighted by Gasteiger charge is 2.17. The number of aryl methyl sites for hydroxylation is 3. The zero-order valence-corrected chi connectivity index (χ0v) is 23.5. The molecule has 7 nitrogen and oxygen atoms in total. The maximum absolute atomic E-state index is 13.8. The van der Waals surface area contributed by atoms with Gasteiger partial charge in [-0.3, -0.25) is 9.59 Å². The van der Waals surface area contributed by atoms with Gasteiger partial charge in [-0.15, -0.1) is 0 Å². The average Bonchev–Trinajstić information content (AvgIpc) is 2.98.